The van der Waals surface area contributed by atoms with Crippen molar-refractivity contribution in [2.75, 3.05) is 0 Å². The smallest absolute Gasteiger partial charge is 0.151 e. The minimum atomic E-state index is -0.301. The van der Waals surface area contributed by atoms with Gasteiger partial charge in [0.1, 0.15) is 12.1 Å². The number of rotatable bonds is 3. The molecule has 0 aliphatic carbocycles. The van der Waals surface area contributed by atoms with Crippen molar-refractivity contribution in [3.63, 3.8) is 0 Å². The molecule has 1 heterocycles. The molecule has 0 fully saturated rings. The van der Waals surface area contributed by atoms with Crippen molar-refractivity contribution in [3.05, 3.63) is 47.3 Å². The molecule has 2 aromatic rings. The molecule has 3 N–H and O–H groups in total. The Morgan fingerprint density at radius 2 is 2.11 bits per heavy atom. The molecule has 1 aromatic carbocycles. The van der Waals surface area contributed by atoms with Crippen LogP contribution in [0.1, 0.15) is 5.69 Å². The van der Waals surface area contributed by atoms with E-state index in [1.54, 1.807) is 23.0 Å². The van der Waals surface area contributed by atoms with Crippen molar-refractivity contribution >= 4 is 28.5 Å². The van der Waals surface area contributed by atoms with Gasteiger partial charge in [0.05, 0.1) is 5.69 Å². The van der Waals surface area contributed by atoms with Crippen LogP contribution < -0.4 is 5.73 Å². The first-order chi connectivity index (χ1) is 8.58. The lowest BCUT2D eigenvalue weighted by Gasteiger charge is -2.07. The van der Waals surface area contributed by atoms with Crippen LogP contribution in [0.5, 0.6) is 0 Å². The Kier molecular flexibility index (Phi) is 3.88. The Morgan fingerprint density at radius 1 is 1.44 bits per heavy atom. The van der Waals surface area contributed by atoms with Crippen LogP contribution in [0.25, 0.3) is 5.69 Å². The Labute approximate surface area is 112 Å². The van der Waals surface area contributed by atoms with Gasteiger partial charge in [-0.05, 0) is 24.3 Å². The van der Waals surface area contributed by atoms with E-state index in [4.69, 9.17) is 22.7 Å². The van der Waals surface area contributed by atoms with Crippen LogP contribution in [0, 0.1) is 11.2 Å². The van der Waals surface area contributed by atoms with Crippen LogP contribution in [-0.2, 0) is 5.75 Å². The molecule has 7 heteroatoms. The van der Waals surface area contributed by atoms with Crippen LogP contribution >= 0.6 is 23.4 Å². The lowest BCUT2D eigenvalue weighted by atomic mass is 10.3. The van der Waals surface area contributed by atoms with Crippen LogP contribution in [-0.4, -0.2) is 14.7 Å². The summed E-state index contributed by atoms with van der Waals surface area (Å²) < 4.78 is 14.6. The molecule has 0 amide bonds. The van der Waals surface area contributed by atoms with E-state index >= 15 is 0 Å². The summed E-state index contributed by atoms with van der Waals surface area (Å²) in [4.78, 5) is 4.00. The summed E-state index contributed by atoms with van der Waals surface area (Å²) in [5, 5.41) is 7.56. The number of nitrogens with one attached hydrogen (secondary N) is 1. The largest absolute Gasteiger partial charge is 0.379 e. The van der Waals surface area contributed by atoms with Crippen molar-refractivity contribution in [3.8, 4) is 5.69 Å². The fourth-order valence-corrected chi connectivity index (χ4v) is 2.30. The minimum absolute atomic E-state index is 0.0120. The molecule has 1 aromatic heterocycles. The van der Waals surface area contributed by atoms with Crippen molar-refractivity contribution in [2.24, 2.45) is 5.73 Å². The monoisotopic (exact) mass is 284 g/mol. The first-order valence-electron chi connectivity index (χ1n) is 5.02. The summed E-state index contributed by atoms with van der Waals surface area (Å²) in [5.74, 6) is 0.135. The van der Waals surface area contributed by atoms with Crippen molar-refractivity contribution in [1.29, 1.82) is 5.41 Å². The van der Waals surface area contributed by atoms with E-state index in [2.05, 4.69) is 4.98 Å². The zero-order valence-electron chi connectivity index (χ0n) is 9.23. The summed E-state index contributed by atoms with van der Waals surface area (Å²) in [6.07, 6.45) is 1.56. The van der Waals surface area contributed by atoms with Crippen LogP contribution in [0.15, 0.2) is 30.6 Å². The summed E-state index contributed by atoms with van der Waals surface area (Å²) >= 11 is 7.14. The second-order valence-electron chi connectivity index (χ2n) is 3.48. The second kappa shape index (κ2) is 5.41. The number of hydrogen-bond donors (Lipinski definition) is 2. The van der Waals surface area contributed by atoms with Gasteiger partial charge < -0.3 is 10.3 Å². The number of aromatic nitrogens is 2. The van der Waals surface area contributed by atoms with Crippen molar-refractivity contribution in [1.82, 2.24) is 9.55 Å². The number of nitrogens with zero attached hydrogens (tertiary/aromatic N) is 2. The highest BCUT2D eigenvalue weighted by Crippen LogP contribution is 2.23. The van der Waals surface area contributed by atoms with Crippen molar-refractivity contribution < 1.29 is 4.39 Å². The van der Waals surface area contributed by atoms with Gasteiger partial charge in [-0.3, -0.25) is 5.41 Å². The van der Waals surface area contributed by atoms with Gasteiger partial charge in [0.15, 0.2) is 10.3 Å². The third kappa shape index (κ3) is 2.83. The molecule has 0 radical (unpaired) electrons. The Balaban J connectivity index is 2.33. The third-order valence-corrected chi connectivity index (χ3v) is 3.33. The predicted molar refractivity (Wildman–Crippen MR) is 71.7 cm³/mol. The number of hydrogen-bond acceptors (Lipinski definition) is 3. The molecule has 0 unspecified atom stereocenters. The third-order valence-electron chi connectivity index (χ3n) is 2.28. The highest BCUT2D eigenvalue weighted by Gasteiger charge is 2.11. The Bertz CT molecular complexity index is 567. The number of halogens is 2. The molecule has 0 aliphatic rings. The summed E-state index contributed by atoms with van der Waals surface area (Å²) in [6, 6.07) is 6.00. The number of benzene rings is 1. The van der Waals surface area contributed by atoms with Crippen LogP contribution in [0.3, 0.4) is 0 Å². The molecular weight excluding hydrogens is 275 g/mol. The zero-order valence-corrected chi connectivity index (χ0v) is 10.8. The van der Waals surface area contributed by atoms with E-state index in [9.17, 15) is 4.39 Å². The van der Waals surface area contributed by atoms with Crippen LogP contribution in [0.4, 0.5) is 4.39 Å². The molecule has 0 bridgehead atoms. The molecule has 18 heavy (non-hydrogen) atoms. The summed E-state index contributed by atoms with van der Waals surface area (Å²) in [7, 11) is 0. The van der Waals surface area contributed by atoms with Gasteiger partial charge in [-0.25, -0.2) is 9.37 Å². The van der Waals surface area contributed by atoms with E-state index < -0.39 is 0 Å². The van der Waals surface area contributed by atoms with E-state index in [0.29, 0.717) is 10.9 Å². The Morgan fingerprint density at radius 3 is 2.72 bits per heavy atom. The van der Waals surface area contributed by atoms with Gasteiger partial charge in [-0.1, -0.05) is 23.4 Å². The van der Waals surface area contributed by atoms with Gasteiger partial charge in [0, 0.05) is 11.4 Å². The fraction of sp³-hybridized carbons (Fsp3) is 0.0909. The number of nitrogens with two attached hydrogens (primary N) is 1. The molecule has 4 nitrogen and oxygen atoms in total. The molecule has 94 valence electrons. The van der Waals surface area contributed by atoms with E-state index in [1.807, 2.05) is 0 Å². The standard InChI is InChI=1S/C11H10ClFN4S/c12-10-9(5-18-11(14)15)17(6-16-10)8-3-1-7(13)2-4-8/h1-4,6H,5H2,(H3,14,15). The fourth-order valence-electron chi connectivity index (χ4n) is 1.45. The highest BCUT2D eigenvalue weighted by atomic mass is 35.5. The maximum absolute atomic E-state index is 12.9. The Hall–Kier alpha value is -1.53. The second-order valence-corrected chi connectivity index (χ2v) is 4.86. The lowest BCUT2D eigenvalue weighted by molar-refractivity contribution is 0.627. The molecule has 0 spiro atoms. The first kappa shape index (κ1) is 12.9. The van der Waals surface area contributed by atoms with Gasteiger partial charge >= 0.3 is 0 Å². The summed E-state index contributed by atoms with van der Waals surface area (Å²) in [6.45, 7) is 0. The van der Waals surface area contributed by atoms with Gasteiger partial charge in [-0.2, -0.15) is 0 Å². The predicted octanol–water partition coefficient (Wildman–Crippen LogP) is 2.79. The molecule has 0 saturated heterocycles. The lowest BCUT2D eigenvalue weighted by Crippen LogP contribution is -2.06. The minimum Gasteiger partial charge on any atom is -0.379 e. The molecule has 0 saturated carbocycles. The summed E-state index contributed by atoms with van der Waals surface area (Å²) in [5.41, 5.74) is 6.78. The van der Waals surface area contributed by atoms with Gasteiger partial charge in [0.2, 0.25) is 0 Å². The van der Waals surface area contributed by atoms with E-state index in [-0.39, 0.29) is 11.0 Å². The topological polar surface area (TPSA) is 67.7 Å². The maximum atomic E-state index is 12.9. The van der Waals surface area contributed by atoms with E-state index in [0.717, 1.165) is 23.1 Å². The number of imidazole rings is 1. The van der Waals surface area contributed by atoms with Gasteiger partial charge in [0.25, 0.3) is 0 Å². The maximum Gasteiger partial charge on any atom is 0.151 e. The highest BCUT2D eigenvalue weighted by molar-refractivity contribution is 8.13. The average molecular weight is 285 g/mol. The van der Waals surface area contributed by atoms with Crippen molar-refractivity contribution in [2.45, 2.75) is 5.75 Å². The quantitative estimate of drug-likeness (QED) is 0.673. The molecule has 0 aliphatic heterocycles. The molecule has 0 atom stereocenters. The average Bonchev–Trinajstić information content (AvgIpc) is 2.69. The van der Waals surface area contributed by atoms with E-state index in [1.165, 1.54) is 12.1 Å². The normalized spacial score (nSPS) is 10.6. The SMILES string of the molecule is N=C(N)SCc1c(Cl)ncn1-c1ccc(F)cc1. The first-order valence-corrected chi connectivity index (χ1v) is 6.39. The zero-order chi connectivity index (χ0) is 13.1. The molecule has 2 rings (SSSR count). The number of amidine groups is 1. The number of thioether (sulfide) groups is 1. The van der Waals surface area contributed by atoms with Crippen LogP contribution in [0.2, 0.25) is 5.15 Å². The van der Waals surface area contributed by atoms with Gasteiger partial charge in [-0.15, -0.1) is 0 Å². The molecular formula is C11H10ClFN4S.